The number of hydrogen-bond donors (Lipinski definition) is 1. The Kier molecular flexibility index (Phi) is 3.71. The normalized spacial score (nSPS) is 10.6. The fourth-order valence-electron chi connectivity index (χ4n) is 1.47. The van der Waals surface area contributed by atoms with Crippen molar-refractivity contribution in [3.8, 4) is 11.5 Å². The standard InChI is InChI=1S/C13H8F4O2/c14-8-2-1-3-11(12(8)17)19-13-9(15)4-7(6-18)5-10(13)16/h1-5,18H,6H2. The van der Waals surface area contributed by atoms with E-state index in [1.807, 2.05) is 0 Å². The summed E-state index contributed by atoms with van der Waals surface area (Å²) in [6, 6.07) is 4.72. The topological polar surface area (TPSA) is 29.5 Å². The predicted molar refractivity (Wildman–Crippen MR) is 58.7 cm³/mol. The lowest BCUT2D eigenvalue weighted by Gasteiger charge is -2.10. The zero-order valence-electron chi connectivity index (χ0n) is 9.46. The van der Waals surface area contributed by atoms with Crippen molar-refractivity contribution in [2.45, 2.75) is 6.61 Å². The summed E-state index contributed by atoms with van der Waals surface area (Å²) in [5.74, 6) is -6.26. The second kappa shape index (κ2) is 5.27. The van der Waals surface area contributed by atoms with Gasteiger partial charge in [0, 0.05) is 0 Å². The van der Waals surface area contributed by atoms with Crippen LogP contribution in [0.4, 0.5) is 17.6 Å². The number of aliphatic hydroxyl groups is 1. The molecule has 6 heteroatoms. The Hall–Kier alpha value is -2.08. The number of ether oxygens (including phenoxy) is 1. The number of rotatable bonds is 3. The second-order valence-electron chi connectivity index (χ2n) is 3.70. The van der Waals surface area contributed by atoms with Crippen molar-refractivity contribution in [3.05, 3.63) is 59.2 Å². The maximum Gasteiger partial charge on any atom is 0.201 e. The highest BCUT2D eigenvalue weighted by Crippen LogP contribution is 2.30. The van der Waals surface area contributed by atoms with E-state index >= 15 is 0 Å². The van der Waals surface area contributed by atoms with Crippen LogP contribution in [-0.4, -0.2) is 5.11 Å². The van der Waals surface area contributed by atoms with Crippen molar-refractivity contribution < 1.29 is 27.4 Å². The van der Waals surface area contributed by atoms with Gasteiger partial charge in [-0.05, 0) is 29.8 Å². The fraction of sp³-hybridized carbons (Fsp3) is 0.0769. The predicted octanol–water partition coefficient (Wildman–Crippen LogP) is 3.53. The molecule has 0 fully saturated rings. The quantitative estimate of drug-likeness (QED) is 0.866. The largest absolute Gasteiger partial charge is 0.448 e. The lowest BCUT2D eigenvalue weighted by atomic mass is 10.2. The maximum atomic E-state index is 13.5. The summed E-state index contributed by atoms with van der Waals surface area (Å²) in [5.41, 5.74) is 0.00191. The number of halogens is 4. The highest BCUT2D eigenvalue weighted by atomic mass is 19.2. The van der Waals surface area contributed by atoms with Crippen LogP contribution >= 0.6 is 0 Å². The molecule has 0 atom stereocenters. The molecule has 0 aromatic heterocycles. The molecule has 0 saturated carbocycles. The van der Waals surface area contributed by atoms with Crippen molar-refractivity contribution >= 4 is 0 Å². The van der Waals surface area contributed by atoms with Crippen molar-refractivity contribution in [2.75, 3.05) is 0 Å². The van der Waals surface area contributed by atoms with Gasteiger partial charge < -0.3 is 9.84 Å². The lowest BCUT2D eigenvalue weighted by Crippen LogP contribution is -1.98. The first-order valence-corrected chi connectivity index (χ1v) is 5.23. The number of aliphatic hydroxyl groups excluding tert-OH is 1. The molecule has 0 heterocycles. The molecule has 100 valence electrons. The summed E-state index contributed by atoms with van der Waals surface area (Å²) >= 11 is 0. The third-order valence-corrected chi connectivity index (χ3v) is 2.37. The molecule has 0 aliphatic carbocycles. The van der Waals surface area contributed by atoms with E-state index in [2.05, 4.69) is 0 Å². The minimum absolute atomic E-state index is 0.00191. The Morgan fingerprint density at radius 1 is 0.947 bits per heavy atom. The van der Waals surface area contributed by atoms with Crippen LogP contribution in [-0.2, 0) is 6.61 Å². The van der Waals surface area contributed by atoms with Gasteiger partial charge in [0.05, 0.1) is 6.61 Å². The fourth-order valence-corrected chi connectivity index (χ4v) is 1.47. The Morgan fingerprint density at radius 3 is 2.16 bits per heavy atom. The molecule has 0 unspecified atom stereocenters. The molecule has 1 N–H and O–H groups in total. The van der Waals surface area contributed by atoms with Crippen molar-refractivity contribution in [2.24, 2.45) is 0 Å². The van der Waals surface area contributed by atoms with E-state index in [1.165, 1.54) is 0 Å². The first kappa shape index (κ1) is 13.4. The smallest absolute Gasteiger partial charge is 0.201 e. The van der Waals surface area contributed by atoms with E-state index < -0.39 is 41.4 Å². The van der Waals surface area contributed by atoms with E-state index in [0.717, 1.165) is 30.3 Å². The van der Waals surface area contributed by atoms with E-state index in [4.69, 9.17) is 9.84 Å². The maximum absolute atomic E-state index is 13.5. The molecule has 2 nitrogen and oxygen atoms in total. The van der Waals surface area contributed by atoms with Gasteiger partial charge in [-0.25, -0.2) is 13.2 Å². The van der Waals surface area contributed by atoms with Crippen LogP contribution in [0, 0.1) is 23.3 Å². The molecule has 0 aliphatic rings. The molecule has 0 saturated heterocycles. The van der Waals surface area contributed by atoms with E-state index in [1.54, 1.807) is 0 Å². The molecule has 19 heavy (non-hydrogen) atoms. The third kappa shape index (κ3) is 2.68. The minimum atomic E-state index is -1.34. The van der Waals surface area contributed by atoms with Gasteiger partial charge in [-0.1, -0.05) is 6.07 Å². The summed E-state index contributed by atoms with van der Waals surface area (Å²) in [7, 11) is 0. The molecular formula is C13H8F4O2. The average Bonchev–Trinajstić information content (AvgIpc) is 2.38. The van der Waals surface area contributed by atoms with Gasteiger partial charge in [-0.2, -0.15) is 4.39 Å². The molecule has 2 aromatic rings. The van der Waals surface area contributed by atoms with Crippen LogP contribution in [0.2, 0.25) is 0 Å². The van der Waals surface area contributed by atoms with E-state index in [0.29, 0.717) is 0 Å². The van der Waals surface area contributed by atoms with Gasteiger partial charge in [-0.3, -0.25) is 0 Å². The van der Waals surface area contributed by atoms with Crippen LogP contribution in [0.3, 0.4) is 0 Å². The van der Waals surface area contributed by atoms with Gasteiger partial charge in [0.2, 0.25) is 5.82 Å². The zero-order chi connectivity index (χ0) is 14.0. The highest BCUT2D eigenvalue weighted by Gasteiger charge is 2.17. The Balaban J connectivity index is 2.41. The zero-order valence-corrected chi connectivity index (χ0v) is 9.46. The molecule has 2 aromatic carbocycles. The molecule has 0 amide bonds. The third-order valence-electron chi connectivity index (χ3n) is 2.37. The van der Waals surface area contributed by atoms with Crippen LogP contribution in [0.5, 0.6) is 11.5 Å². The van der Waals surface area contributed by atoms with Gasteiger partial charge in [-0.15, -0.1) is 0 Å². The molecular weight excluding hydrogens is 264 g/mol. The molecule has 2 rings (SSSR count). The van der Waals surface area contributed by atoms with Gasteiger partial charge in [0.15, 0.2) is 29.0 Å². The van der Waals surface area contributed by atoms with Crippen LogP contribution in [0.15, 0.2) is 30.3 Å². The first-order valence-electron chi connectivity index (χ1n) is 5.23. The summed E-state index contributed by atoms with van der Waals surface area (Å²) in [5, 5.41) is 8.76. The summed E-state index contributed by atoms with van der Waals surface area (Å²) < 4.78 is 58.0. The Bertz CT molecular complexity index is 591. The molecule has 0 bridgehead atoms. The Labute approximate surface area is 105 Å². The molecule has 0 spiro atoms. The number of benzene rings is 2. The summed E-state index contributed by atoms with van der Waals surface area (Å²) in [6.45, 7) is -0.553. The van der Waals surface area contributed by atoms with Crippen LogP contribution in [0.25, 0.3) is 0 Å². The average molecular weight is 272 g/mol. The monoisotopic (exact) mass is 272 g/mol. The van der Waals surface area contributed by atoms with E-state index in [9.17, 15) is 17.6 Å². The summed E-state index contributed by atoms with van der Waals surface area (Å²) in [6.07, 6.45) is 0. The van der Waals surface area contributed by atoms with Gasteiger partial charge in [0.25, 0.3) is 0 Å². The van der Waals surface area contributed by atoms with E-state index in [-0.39, 0.29) is 5.56 Å². The summed E-state index contributed by atoms with van der Waals surface area (Å²) in [4.78, 5) is 0. The first-order chi connectivity index (χ1) is 9.02. The molecule has 0 radical (unpaired) electrons. The SMILES string of the molecule is OCc1cc(F)c(Oc2cccc(F)c2F)c(F)c1. The Morgan fingerprint density at radius 2 is 1.58 bits per heavy atom. The minimum Gasteiger partial charge on any atom is -0.448 e. The number of hydrogen-bond acceptors (Lipinski definition) is 2. The van der Waals surface area contributed by atoms with Gasteiger partial charge >= 0.3 is 0 Å². The molecule has 0 aliphatic heterocycles. The van der Waals surface area contributed by atoms with Gasteiger partial charge in [0.1, 0.15) is 0 Å². The van der Waals surface area contributed by atoms with Crippen molar-refractivity contribution in [1.82, 2.24) is 0 Å². The van der Waals surface area contributed by atoms with Crippen molar-refractivity contribution in [1.29, 1.82) is 0 Å². The second-order valence-corrected chi connectivity index (χ2v) is 3.70. The highest BCUT2D eigenvalue weighted by molar-refractivity contribution is 5.36. The van der Waals surface area contributed by atoms with Crippen LogP contribution < -0.4 is 4.74 Å². The van der Waals surface area contributed by atoms with Crippen molar-refractivity contribution in [3.63, 3.8) is 0 Å². The van der Waals surface area contributed by atoms with Crippen LogP contribution in [0.1, 0.15) is 5.56 Å². The lowest BCUT2D eigenvalue weighted by molar-refractivity contribution is 0.279.